The summed E-state index contributed by atoms with van der Waals surface area (Å²) in [6, 6.07) is 19.1. The quantitative estimate of drug-likeness (QED) is 0.164. The number of carbonyl (C=O) groups is 1. The van der Waals surface area contributed by atoms with Crippen molar-refractivity contribution in [3.05, 3.63) is 102 Å². The highest BCUT2D eigenvalue weighted by Gasteiger charge is 2.30. The summed E-state index contributed by atoms with van der Waals surface area (Å²) in [5, 5.41) is 13.1. The predicted octanol–water partition coefficient (Wildman–Crippen LogP) is 6.38. The number of fused-ring (bicyclic) bond motifs is 1. The Balaban J connectivity index is 1.30. The highest BCUT2D eigenvalue weighted by Crippen LogP contribution is 2.40. The molecule has 0 spiro atoms. The maximum absolute atomic E-state index is 15.2. The molecule has 14 heteroatoms. The smallest absolute Gasteiger partial charge is 0.407 e. The van der Waals surface area contributed by atoms with Crippen molar-refractivity contribution in [2.24, 2.45) is 0 Å². The molecule has 1 aliphatic heterocycles. The molecule has 47 heavy (non-hydrogen) atoms. The lowest BCUT2D eigenvalue weighted by atomic mass is 10.0. The average Bonchev–Trinajstić information content (AvgIpc) is 3.04. The summed E-state index contributed by atoms with van der Waals surface area (Å²) in [5.74, 6) is -0.401. The molecule has 1 saturated heterocycles. The van der Waals surface area contributed by atoms with Crippen LogP contribution in [-0.4, -0.2) is 64.8 Å². The number of amides is 1. The molecule has 0 aliphatic carbocycles. The summed E-state index contributed by atoms with van der Waals surface area (Å²) in [7, 11) is -3.97. The van der Waals surface area contributed by atoms with Gasteiger partial charge in [0.1, 0.15) is 17.7 Å². The Morgan fingerprint density at radius 3 is 2.57 bits per heavy atom. The van der Waals surface area contributed by atoms with Crippen LogP contribution in [0.4, 0.5) is 25.2 Å². The van der Waals surface area contributed by atoms with Crippen LogP contribution >= 0.6 is 0 Å². The Kier molecular flexibility index (Phi) is 8.85. The van der Waals surface area contributed by atoms with Gasteiger partial charge in [-0.2, -0.15) is 0 Å². The predicted molar refractivity (Wildman–Crippen MR) is 173 cm³/mol. The summed E-state index contributed by atoms with van der Waals surface area (Å²) in [6.45, 7) is 1.69. The van der Waals surface area contributed by atoms with E-state index < -0.39 is 34.1 Å². The normalized spacial score (nSPS) is 16.5. The molecule has 2 atom stereocenters. The molecular weight excluding hydrogens is 630 g/mol. The van der Waals surface area contributed by atoms with Crippen molar-refractivity contribution in [1.82, 2.24) is 19.9 Å². The Labute approximate surface area is 269 Å². The van der Waals surface area contributed by atoms with Crippen LogP contribution in [0.25, 0.3) is 22.0 Å². The monoisotopic (exact) mass is 660 g/mol. The number of likely N-dealkylation sites (tertiary alicyclic amines) is 1. The molecule has 2 aromatic heterocycles. The minimum atomic E-state index is -3.97. The van der Waals surface area contributed by atoms with E-state index in [4.69, 9.17) is 4.74 Å². The van der Waals surface area contributed by atoms with E-state index in [1.165, 1.54) is 24.5 Å². The van der Waals surface area contributed by atoms with E-state index in [-0.39, 0.29) is 42.8 Å². The van der Waals surface area contributed by atoms with Gasteiger partial charge in [0, 0.05) is 42.2 Å². The number of rotatable bonds is 9. The number of benzene rings is 3. The molecule has 0 saturated carbocycles. The minimum absolute atomic E-state index is 0.0793. The second-order valence-corrected chi connectivity index (χ2v) is 12.9. The number of anilines is 2. The number of hydrogen-bond donors (Lipinski definition) is 3. The first-order valence-corrected chi connectivity index (χ1v) is 16.3. The number of carboxylic acid groups (broad SMARTS) is 1. The summed E-state index contributed by atoms with van der Waals surface area (Å²) < 4.78 is 64.3. The average molecular weight is 661 g/mol. The first-order valence-electron chi connectivity index (χ1n) is 14.7. The summed E-state index contributed by atoms with van der Waals surface area (Å²) in [6.07, 6.45) is 0.618. The van der Waals surface area contributed by atoms with Crippen molar-refractivity contribution in [3.63, 3.8) is 0 Å². The van der Waals surface area contributed by atoms with Crippen molar-refractivity contribution in [2.75, 3.05) is 23.1 Å². The van der Waals surface area contributed by atoms with Crippen LogP contribution < -0.4 is 14.8 Å². The van der Waals surface area contributed by atoms with Crippen LogP contribution in [0.2, 0.25) is 0 Å². The molecule has 0 radical (unpaired) electrons. The van der Waals surface area contributed by atoms with Gasteiger partial charge >= 0.3 is 6.09 Å². The zero-order chi connectivity index (χ0) is 33.1. The Morgan fingerprint density at radius 1 is 1.00 bits per heavy atom. The lowest BCUT2D eigenvalue weighted by Crippen LogP contribution is -2.49. The van der Waals surface area contributed by atoms with Gasteiger partial charge in [0.2, 0.25) is 21.9 Å². The Hall–Kier alpha value is -5.37. The maximum atomic E-state index is 15.2. The molecule has 3 N–H and O–H groups in total. The van der Waals surface area contributed by atoms with Gasteiger partial charge in [0.05, 0.1) is 29.2 Å². The van der Waals surface area contributed by atoms with Crippen molar-refractivity contribution in [1.29, 1.82) is 0 Å². The number of alkyl halides is 1. The van der Waals surface area contributed by atoms with Crippen molar-refractivity contribution in [3.8, 4) is 22.9 Å². The third-order valence-corrected chi connectivity index (χ3v) is 8.89. The van der Waals surface area contributed by atoms with E-state index in [0.717, 1.165) is 4.90 Å². The lowest BCUT2D eigenvalue weighted by molar-refractivity contribution is 0.102. The molecule has 2 unspecified atom stereocenters. The number of halogens is 2. The largest absolute Gasteiger partial charge is 0.465 e. The number of aryl methyl sites for hydroxylation is 1. The molecule has 5 aromatic rings. The molecule has 1 amide bonds. The lowest BCUT2D eigenvalue weighted by Gasteiger charge is -2.33. The van der Waals surface area contributed by atoms with Crippen molar-refractivity contribution < 1.29 is 31.8 Å². The number of pyridine rings is 1. The number of aromatic nitrogens is 3. The SMILES string of the molecule is Cc1ccc2c(NS(=O)(=O)Cc3ccccc3)c(F)ccc2c1Oc1ncccc1-c1ccnc(NC2CC(F)CN(C(=O)O)C2)n1. The van der Waals surface area contributed by atoms with Crippen LogP contribution in [0.1, 0.15) is 17.5 Å². The van der Waals surface area contributed by atoms with E-state index in [0.29, 0.717) is 38.9 Å². The van der Waals surface area contributed by atoms with Gasteiger partial charge in [0.15, 0.2) is 0 Å². The molecule has 0 bridgehead atoms. The molecule has 1 fully saturated rings. The van der Waals surface area contributed by atoms with E-state index in [1.807, 2.05) is 0 Å². The van der Waals surface area contributed by atoms with Gasteiger partial charge in [-0.25, -0.2) is 36.9 Å². The first-order chi connectivity index (χ1) is 22.6. The highest BCUT2D eigenvalue weighted by atomic mass is 32.2. The van der Waals surface area contributed by atoms with Gasteiger partial charge in [0.25, 0.3) is 0 Å². The van der Waals surface area contributed by atoms with Gasteiger partial charge in [-0.15, -0.1) is 0 Å². The van der Waals surface area contributed by atoms with Crippen LogP contribution in [0, 0.1) is 12.7 Å². The van der Waals surface area contributed by atoms with E-state index >= 15 is 4.39 Å². The van der Waals surface area contributed by atoms with Gasteiger partial charge in [-0.1, -0.05) is 42.5 Å². The molecule has 242 valence electrons. The standard InChI is InChI=1S/C33H30F2N6O5S/c1-20-9-10-24-25(11-12-27(35)29(24)40-47(44,45)19-21-6-3-2-4-7-21)30(20)46-31-26(8-5-14-36-31)28-13-15-37-32(39-28)38-23-16-22(34)17-41(18-23)33(42)43/h2-15,22-23,40H,16-19H2,1H3,(H,42,43)(H,37,38,39). The molecular formula is C33H30F2N6O5S. The van der Waals surface area contributed by atoms with Crippen LogP contribution in [-0.2, 0) is 15.8 Å². The third kappa shape index (κ3) is 7.22. The number of sulfonamides is 1. The van der Waals surface area contributed by atoms with E-state index in [1.54, 1.807) is 67.6 Å². The summed E-state index contributed by atoms with van der Waals surface area (Å²) in [5.41, 5.74) is 1.95. The van der Waals surface area contributed by atoms with Crippen LogP contribution in [0.5, 0.6) is 11.6 Å². The fourth-order valence-electron chi connectivity index (χ4n) is 5.51. The Morgan fingerprint density at radius 2 is 1.79 bits per heavy atom. The number of piperidine rings is 1. The van der Waals surface area contributed by atoms with Crippen LogP contribution in [0.3, 0.4) is 0 Å². The van der Waals surface area contributed by atoms with Gasteiger partial charge in [-0.05, 0) is 48.4 Å². The number of hydrogen-bond acceptors (Lipinski definition) is 8. The fraction of sp³-hybridized carbons (Fsp3) is 0.212. The zero-order valence-electron chi connectivity index (χ0n) is 25.1. The van der Waals surface area contributed by atoms with Crippen molar-refractivity contribution >= 4 is 38.5 Å². The van der Waals surface area contributed by atoms with E-state index in [2.05, 4.69) is 25.0 Å². The minimum Gasteiger partial charge on any atom is -0.465 e. The first kappa shape index (κ1) is 31.6. The topological polar surface area (TPSA) is 147 Å². The van der Waals surface area contributed by atoms with E-state index in [9.17, 15) is 22.7 Å². The van der Waals surface area contributed by atoms with Crippen LogP contribution in [0.15, 0.2) is 85.2 Å². The van der Waals surface area contributed by atoms with Gasteiger partial charge < -0.3 is 20.1 Å². The fourth-order valence-corrected chi connectivity index (χ4v) is 6.73. The molecule has 11 nitrogen and oxygen atoms in total. The zero-order valence-corrected chi connectivity index (χ0v) is 25.9. The number of nitrogens with zero attached hydrogens (tertiary/aromatic N) is 4. The maximum Gasteiger partial charge on any atom is 0.407 e. The van der Waals surface area contributed by atoms with Crippen molar-refractivity contribution in [2.45, 2.75) is 31.3 Å². The molecule has 6 rings (SSSR count). The van der Waals surface area contributed by atoms with Gasteiger partial charge in [-0.3, -0.25) is 4.72 Å². The highest BCUT2D eigenvalue weighted by molar-refractivity contribution is 7.91. The number of nitrogens with one attached hydrogen (secondary N) is 2. The molecule has 3 heterocycles. The molecule has 3 aromatic carbocycles. The Bertz CT molecular complexity index is 2050. The second kappa shape index (κ2) is 13.2. The summed E-state index contributed by atoms with van der Waals surface area (Å²) in [4.78, 5) is 25.7. The third-order valence-electron chi connectivity index (χ3n) is 7.66. The second-order valence-electron chi connectivity index (χ2n) is 11.2. The number of ether oxygens (including phenoxy) is 1. The molecule has 1 aliphatic rings. The summed E-state index contributed by atoms with van der Waals surface area (Å²) >= 11 is 0.